The number of pyridine rings is 1. The second-order valence-corrected chi connectivity index (χ2v) is 11.6. The van der Waals surface area contributed by atoms with Crippen molar-refractivity contribution in [3.8, 4) is 0 Å². The molecule has 37 heavy (non-hydrogen) atoms. The lowest BCUT2D eigenvalue weighted by atomic mass is 9.89. The van der Waals surface area contributed by atoms with Crippen molar-refractivity contribution in [1.29, 1.82) is 0 Å². The third kappa shape index (κ3) is 6.47. The Morgan fingerprint density at radius 1 is 1.05 bits per heavy atom. The van der Waals surface area contributed by atoms with Crippen LogP contribution in [0.2, 0.25) is 0 Å². The number of nitrogens with one attached hydrogen (secondary N) is 2. The van der Waals surface area contributed by atoms with E-state index in [0.717, 1.165) is 34.9 Å². The van der Waals surface area contributed by atoms with Crippen molar-refractivity contribution in [3.05, 3.63) is 63.9 Å². The van der Waals surface area contributed by atoms with Gasteiger partial charge in [0.05, 0.1) is 11.3 Å². The van der Waals surface area contributed by atoms with Crippen LogP contribution in [0, 0.1) is 6.92 Å². The molecule has 1 aliphatic heterocycles. The van der Waals surface area contributed by atoms with Crippen molar-refractivity contribution in [2.75, 3.05) is 23.7 Å². The van der Waals surface area contributed by atoms with Gasteiger partial charge in [0.25, 0.3) is 11.8 Å². The van der Waals surface area contributed by atoms with Crippen molar-refractivity contribution in [1.82, 2.24) is 20.1 Å². The van der Waals surface area contributed by atoms with Gasteiger partial charge >= 0.3 is 0 Å². The Bertz CT molecular complexity index is 1310. The van der Waals surface area contributed by atoms with Gasteiger partial charge in [-0.2, -0.15) is 0 Å². The van der Waals surface area contributed by atoms with Crippen LogP contribution < -0.4 is 16.4 Å². The summed E-state index contributed by atoms with van der Waals surface area (Å²) in [5.41, 5.74) is 8.85. The zero-order valence-electron chi connectivity index (χ0n) is 21.4. The molecule has 0 bridgehead atoms. The third-order valence-corrected chi connectivity index (χ3v) is 7.53. The Hall–Kier alpha value is -3.44. The molecule has 1 fully saturated rings. The normalized spacial score (nSPS) is 14.3. The second-order valence-electron chi connectivity index (χ2n) is 10.1. The lowest BCUT2D eigenvalue weighted by Gasteiger charge is -2.32. The molecule has 194 valence electrons. The molecule has 0 aliphatic carbocycles. The standard InChI is InChI=1S/C26H31N7O2S2/c1-15-5-10-19(21(34)30-25-32-31-23(37-25)26(2,3)4)20(28-15)16-11-13-33(14-12-16)22(35)17-6-8-18(9-7-17)29-24(27)36/h5-10,16H,11-14H2,1-4H3,(H3,27,29,36)(H,30,32,34). The molecule has 2 aromatic heterocycles. The maximum Gasteiger partial charge on any atom is 0.259 e. The molecule has 0 spiro atoms. The number of amides is 2. The molecule has 0 unspecified atom stereocenters. The Morgan fingerprint density at radius 3 is 2.32 bits per heavy atom. The fourth-order valence-electron chi connectivity index (χ4n) is 4.20. The van der Waals surface area contributed by atoms with Crippen LogP contribution in [-0.2, 0) is 5.41 Å². The highest BCUT2D eigenvalue weighted by Crippen LogP contribution is 2.32. The Labute approximate surface area is 225 Å². The summed E-state index contributed by atoms with van der Waals surface area (Å²) >= 11 is 6.23. The summed E-state index contributed by atoms with van der Waals surface area (Å²) in [6.07, 6.45) is 1.44. The summed E-state index contributed by atoms with van der Waals surface area (Å²) < 4.78 is 0. The number of hydrogen-bond acceptors (Lipinski definition) is 7. The maximum absolute atomic E-state index is 13.2. The molecule has 3 aromatic rings. The number of aromatic nitrogens is 3. The lowest BCUT2D eigenvalue weighted by molar-refractivity contribution is 0.0711. The number of hydrogen-bond donors (Lipinski definition) is 3. The van der Waals surface area contributed by atoms with E-state index in [0.29, 0.717) is 29.3 Å². The molecule has 0 atom stereocenters. The van der Waals surface area contributed by atoms with E-state index in [1.807, 2.05) is 24.0 Å². The quantitative estimate of drug-likeness (QED) is 0.407. The zero-order chi connectivity index (χ0) is 26.7. The van der Waals surface area contributed by atoms with Crippen molar-refractivity contribution < 1.29 is 9.59 Å². The van der Waals surface area contributed by atoms with Gasteiger partial charge in [-0.15, -0.1) is 10.2 Å². The van der Waals surface area contributed by atoms with Crippen LogP contribution >= 0.6 is 23.6 Å². The second kappa shape index (κ2) is 10.9. The summed E-state index contributed by atoms with van der Waals surface area (Å²) in [6.45, 7) is 9.25. The number of nitrogens with zero attached hydrogens (tertiary/aromatic N) is 4. The van der Waals surface area contributed by atoms with Crippen LogP contribution in [0.15, 0.2) is 36.4 Å². The van der Waals surface area contributed by atoms with Crippen LogP contribution in [0.3, 0.4) is 0 Å². The number of piperidine rings is 1. The highest BCUT2D eigenvalue weighted by atomic mass is 32.1. The summed E-state index contributed by atoms with van der Waals surface area (Å²) in [6, 6.07) is 10.7. The van der Waals surface area contributed by atoms with Crippen molar-refractivity contribution in [2.24, 2.45) is 5.73 Å². The Kier molecular flexibility index (Phi) is 7.84. The minimum Gasteiger partial charge on any atom is -0.376 e. The van der Waals surface area contributed by atoms with Crippen LogP contribution in [0.4, 0.5) is 10.8 Å². The monoisotopic (exact) mass is 537 g/mol. The summed E-state index contributed by atoms with van der Waals surface area (Å²) in [5, 5.41) is 15.6. The van der Waals surface area contributed by atoms with Gasteiger partial charge in [-0.25, -0.2) is 0 Å². The molecule has 3 heterocycles. The molecule has 0 saturated carbocycles. The molecule has 4 N–H and O–H groups in total. The van der Waals surface area contributed by atoms with E-state index in [1.54, 1.807) is 24.3 Å². The van der Waals surface area contributed by atoms with Gasteiger partial charge < -0.3 is 16.0 Å². The Balaban J connectivity index is 1.43. The SMILES string of the molecule is Cc1ccc(C(=O)Nc2nnc(C(C)(C)C)s2)c(C2CCN(C(=O)c3ccc(NC(N)=S)cc3)CC2)n1. The van der Waals surface area contributed by atoms with E-state index in [1.165, 1.54) is 11.3 Å². The van der Waals surface area contributed by atoms with Crippen LogP contribution in [0.1, 0.15) is 76.6 Å². The molecule has 1 aromatic carbocycles. The van der Waals surface area contributed by atoms with E-state index in [2.05, 4.69) is 41.6 Å². The average Bonchev–Trinajstić information content (AvgIpc) is 3.33. The minimum atomic E-state index is -0.247. The smallest absolute Gasteiger partial charge is 0.259 e. The first-order chi connectivity index (χ1) is 17.5. The number of carbonyl (C=O) groups excluding carboxylic acids is 2. The number of rotatable bonds is 5. The summed E-state index contributed by atoms with van der Waals surface area (Å²) in [5.74, 6) is -0.203. The fraction of sp³-hybridized carbons (Fsp3) is 0.385. The van der Waals surface area contributed by atoms with E-state index in [9.17, 15) is 9.59 Å². The molecule has 9 nitrogen and oxygen atoms in total. The van der Waals surface area contributed by atoms with Gasteiger partial charge in [0.15, 0.2) is 5.11 Å². The number of carbonyl (C=O) groups is 2. The lowest BCUT2D eigenvalue weighted by Crippen LogP contribution is -2.38. The van der Waals surface area contributed by atoms with Gasteiger partial charge in [0.1, 0.15) is 5.01 Å². The molecular formula is C26H31N7O2S2. The van der Waals surface area contributed by atoms with Crippen molar-refractivity contribution >= 4 is 51.3 Å². The van der Waals surface area contributed by atoms with Crippen LogP contribution in [-0.4, -0.2) is 50.1 Å². The molecule has 2 amide bonds. The largest absolute Gasteiger partial charge is 0.376 e. The van der Waals surface area contributed by atoms with Crippen LogP contribution in [0.25, 0.3) is 0 Å². The summed E-state index contributed by atoms with van der Waals surface area (Å²) in [4.78, 5) is 32.8. The highest BCUT2D eigenvalue weighted by molar-refractivity contribution is 7.80. The van der Waals surface area contributed by atoms with E-state index >= 15 is 0 Å². The number of benzene rings is 1. The topological polar surface area (TPSA) is 126 Å². The predicted octanol–water partition coefficient (Wildman–Crippen LogP) is 4.47. The number of likely N-dealkylation sites (tertiary alicyclic amines) is 1. The van der Waals surface area contributed by atoms with Crippen molar-refractivity contribution in [3.63, 3.8) is 0 Å². The first-order valence-electron chi connectivity index (χ1n) is 12.1. The third-order valence-electron chi connectivity index (χ3n) is 6.16. The van der Waals surface area contributed by atoms with Gasteiger partial charge in [-0.05, 0) is 68.4 Å². The number of thiocarbonyl (C=S) groups is 1. The van der Waals surface area contributed by atoms with Crippen LogP contribution in [0.5, 0.6) is 0 Å². The van der Waals surface area contributed by atoms with E-state index in [4.69, 9.17) is 22.9 Å². The van der Waals surface area contributed by atoms with Gasteiger partial charge in [0.2, 0.25) is 5.13 Å². The first kappa shape index (κ1) is 26.6. The molecular weight excluding hydrogens is 506 g/mol. The number of aryl methyl sites for hydroxylation is 1. The number of anilines is 2. The Morgan fingerprint density at radius 2 is 1.73 bits per heavy atom. The maximum atomic E-state index is 13.2. The van der Waals surface area contributed by atoms with Gasteiger partial charge in [0, 0.05) is 41.4 Å². The summed E-state index contributed by atoms with van der Waals surface area (Å²) in [7, 11) is 0. The van der Waals surface area contributed by atoms with Gasteiger partial charge in [-0.1, -0.05) is 32.1 Å². The van der Waals surface area contributed by atoms with Crippen molar-refractivity contribution in [2.45, 2.75) is 51.9 Å². The minimum absolute atomic E-state index is 0.0265. The highest BCUT2D eigenvalue weighted by Gasteiger charge is 2.29. The molecule has 1 aliphatic rings. The van der Waals surface area contributed by atoms with E-state index in [-0.39, 0.29) is 28.3 Å². The number of nitrogens with two attached hydrogens (primary N) is 1. The van der Waals surface area contributed by atoms with E-state index < -0.39 is 0 Å². The van der Waals surface area contributed by atoms with Gasteiger partial charge in [-0.3, -0.25) is 19.9 Å². The molecule has 11 heteroatoms. The molecule has 1 saturated heterocycles. The molecule has 4 rings (SSSR count). The predicted molar refractivity (Wildman–Crippen MR) is 150 cm³/mol. The zero-order valence-corrected chi connectivity index (χ0v) is 23.0. The molecule has 0 radical (unpaired) electrons. The fourth-order valence-corrected chi connectivity index (χ4v) is 5.11. The average molecular weight is 538 g/mol. The first-order valence-corrected chi connectivity index (χ1v) is 13.3.